The number of hydrogen-bond donors (Lipinski definition) is 2. The molecule has 8 heteroatoms. The van der Waals surface area contributed by atoms with Crippen LogP contribution in [0, 0.1) is 0 Å². The van der Waals surface area contributed by atoms with Gasteiger partial charge in [-0.15, -0.1) is 0 Å². The Kier molecular flexibility index (Phi) is 2.84. The Morgan fingerprint density at radius 1 is 1.47 bits per heavy atom. The van der Waals surface area contributed by atoms with Gasteiger partial charge in [0.05, 0.1) is 18.1 Å². The van der Waals surface area contributed by atoms with Gasteiger partial charge in [-0.05, 0) is 6.07 Å². The van der Waals surface area contributed by atoms with Crippen LogP contribution in [0.2, 0.25) is 0 Å². The van der Waals surface area contributed by atoms with Gasteiger partial charge >= 0.3 is 0 Å². The van der Waals surface area contributed by atoms with Gasteiger partial charge in [0.1, 0.15) is 11.3 Å². The Morgan fingerprint density at radius 2 is 2.18 bits per heavy atom. The average molecular weight is 273 g/mol. The van der Waals surface area contributed by atoms with Crippen LogP contribution >= 0.6 is 11.3 Å². The van der Waals surface area contributed by atoms with Gasteiger partial charge < -0.3 is 10.5 Å². The van der Waals surface area contributed by atoms with Crippen LogP contribution in [0.1, 0.15) is 0 Å². The molecule has 0 amide bonds. The van der Waals surface area contributed by atoms with Crippen molar-refractivity contribution in [3.05, 3.63) is 12.1 Å². The first kappa shape index (κ1) is 11.9. The van der Waals surface area contributed by atoms with E-state index in [1.54, 1.807) is 12.1 Å². The van der Waals surface area contributed by atoms with Crippen LogP contribution < -0.4 is 15.2 Å². The molecule has 0 radical (unpaired) electrons. The Balaban J connectivity index is 2.57. The van der Waals surface area contributed by atoms with E-state index in [-0.39, 0.29) is 0 Å². The second-order valence-electron chi connectivity index (χ2n) is 3.46. The SMILES string of the molecule is COc1cc(N)cc2sc(NS(C)(=O)=O)nc12. The number of sulfonamides is 1. The van der Waals surface area contributed by atoms with Gasteiger partial charge in [-0.3, -0.25) is 4.72 Å². The lowest BCUT2D eigenvalue weighted by atomic mass is 10.3. The highest BCUT2D eigenvalue weighted by atomic mass is 32.2. The quantitative estimate of drug-likeness (QED) is 0.821. The van der Waals surface area contributed by atoms with Crippen molar-refractivity contribution in [1.82, 2.24) is 4.98 Å². The smallest absolute Gasteiger partial charge is 0.231 e. The number of nitrogens with zero attached hydrogens (tertiary/aromatic N) is 1. The minimum Gasteiger partial charge on any atom is -0.494 e. The van der Waals surface area contributed by atoms with E-state index in [2.05, 4.69) is 9.71 Å². The number of benzene rings is 1. The molecule has 1 aromatic carbocycles. The number of hydrogen-bond acceptors (Lipinski definition) is 6. The molecule has 0 aliphatic carbocycles. The lowest BCUT2D eigenvalue weighted by Crippen LogP contribution is -2.08. The van der Waals surface area contributed by atoms with E-state index in [0.717, 1.165) is 11.0 Å². The van der Waals surface area contributed by atoms with E-state index in [4.69, 9.17) is 10.5 Å². The molecule has 3 N–H and O–H groups in total. The molecule has 0 bridgehead atoms. The largest absolute Gasteiger partial charge is 0.494 e. The Morgan fingerprint density at radius 3 is 2.76 bits per heavy atom. The maximum Gasteiger partial charge on any atom is 0.231 e. The predicted molar refractivity (Wildman–Crippen MR) is 69.1 cm³/mol. The molecule has 0 atom stereocenters. The fourth-order valence-electron chi connectivity index (χ4n) is 1.38. The highest BCUT2D eigenvalue weighted by Crippen LogP contribution is 2.34. The molecule has 2 aromatic rings. The first-order valence-electron chi connectivity index (χ1n) is 4.61. The molecular formula is C9H11N3O3S2. The zero-order chi connectivity index (χ0) is 12.6. The number of nitrogens with one attached hydrogen (secondary N) is 1. The highest BCUT2D eigenvalue weighted by molar-refractivity contribution is 7.92. The Bertz CT molecular complexity index is 663. The number of anilines is 2. The third-order valence-corrected chi connectivity index (χ3v) is 3.59. The number of aromatic nitrogens is 1. The first-order valence-corrected chi connectivity index (χ1v) is 7.31. The van der Waals surface area contributed by atoms with Gasteiger partial charge in [0, 0.05) is 11.8 Å². The number of ether oxygens (including phenoxy) is 1. The molecule has 0 aliphatic heterocycles. The van der Waals surface area contributed by atoms with Crippen LogP contribution in [0.5, 0.6) is 5.75 Å². The second kappa shape index (κ2) is 4.04. The summed E-state index contributed by atoms with van der Waals surface area (Å²) >= 11 is 1.21. The maximum atomic E-state index is 11.1. The molecule has 0 spiro atoms. The summed E-state index contributed by atoms with van der Waals surface area (Å²) in [6.07, 6.45) is 1.07. The summed E-state index contributed by atoms with van der Waals surface area (Å²) in [7, 11) is -1.82. The molecule has 1 heterocycles. The molecule has 2 rings (SSSR count). The van der Waals surface area contributed by atoms with Crippen molar-refractivity contribution in [2.24, 2.45) is 0 Å². The van der Waals surface area contributed by atoms with Crippen molar-refractivity contribution >= 4 is 42.4 Å². The summed E-state index contributed by atoms with van der Waals surface area (Å²) in [4.78, 5) is 4.16. The van der Waals surface area contributed by atoms with Gasteiger partial charge in [-0.1, -0.05) is 11.3 Å². The number of nitrogen functional groups attached to an aromatic ring is 1. The molecule has 0 fully saturated rings. The third kappa shape index (κ3) is 2.59. The zero-order valence-electron chi connectivity index (χ0n) is 9.22. The average Bonchev–Trinajstić information content (AvgIpc) is 2.55. The molecule has 0 saturated carbocycles. The third-order valence-electron chi connectivity index (χ3n) is 1.97. The summed E-state index contributed by atoms with van der Waals surface area (Å²) in [6, 6.07) is 3.37. The van der Waals surface area contributed by atoms with E-state index >= 15 is 0 Å². The van der Waals surface area contributed by atoms with E-state index in [1.165, 1.54) is 18.4 Å². The van der Waals surface area contributed by atoms with E-state index < -0.39 is 10.0 Å². The van der Waals surface area contributed by atoms with E-state index in [0.29, 0.717) is 22.1 Å². The van der Waals surface area contributed by atoms with Gasteiger partial charge in [0.25, 0.3) is 0 Å². The number of thiazole rings is 1. The topological polar surface area (TPSA) is 94.3 Å². The second-order valence-corrected chi connectivity index (χ2v) is 6.24. The van der Waals surface area contributed by atoms with Gasteiger partial charge in [-0.25, -0.2) is 13.4 Å². The van der Waals surface area contributed by atoms with Crippen LogP contribution in [0.25, 0.3) is 10.2 Å². The molecule has 0 unspecified atom stereocenters. The van der Waals surface area contributed by atoms with Crippen molar-refractivity contribution in [2.45, 2.75) is 0 Å². The number of rotatable bonds is 3. The minimum absolute atomic E-state index is 0.298. The molecule has 92 valence electrons. The molecule has 1 aromatic heterocycles. The lowest BCUT2D eigenvalue weighted by Gasteiger charge is -2.01. The molecule has 0 aliphatic rings. The maximum absolute atomic E-state index is 11.1. The number of methoxy groups -OCH3 is 1. The van der Waals surface area contributed by atoms with Crippen LogP contribution in [0.15, 0.2) is 12.1 Å². The van der Waals surface area contributed by atoms with Crippen molar-refractivity contribution in [2.75, 3.05) is 23.8 Å². The van der Waals surface area contributed by atoms with Crippen molar-refractivity contribution in [1.29, 1.82) is 0 Å². The van der Waals surface area contributed by atoms with Crippen LogP contribution in [-0.2, 0) is 10.0 Å². The normalized spacial score (nSPS) is 11.6. The fourth-order valence-corrected chi connectivity index (χ4v) is 3.14. The van der Waals surface area contributed by atoms with E-state index in [9.17, 15) is 8.42 Å². The van der Waals surface area contributed by atoms with Crippen molar-refractivity contribution in [3.8, 4) is 5.75 Å². The summed E-state index contributed by atoms with van der Waals surface area (Å²) in [5.74, 6) is 0.526. The predicted octanol–water partition coefficient (Wildman–Crippen LogP) is 1.26. The summed E-state index contributed by atoms with van der Waals surface area (Å²) in [5, 5.41) is 0.298. The van der Waals surface area contributed by atoms with Gasteiger partial charge in [0.2, 0.25) is 10.0 Å². The Hall–Kier alpha value is -1.54. The molecule has 17 heavy (non-hydrogen) atoms. The Labute approximate surface area is 102 Å². The van der Waals surface area contributed by atoms with E-state index in [1.807, 2.05) is 0 Å². The highest BCUT2D eigenvalue weighted by Gasteiger charge is 2.12. The number of fused-ring (bicyclic) bond motifs is 1. The lowest BCUT2D eigenvalue weighted by molar-refractivity contribution is 0.419. The molecular weight excluding hydrogens is 262 g/mol. The number of nitrogens with two attached hydrogens (primary N) is 1. The summed E-state index contributed by atoms with van der Waals surface area (Å²) in [5.41, 5.74) is 6.84. The van der Waals surface area contributed by atoms with Crippen LogP contribution in [-0.4, -0.2) is 26.8 Å². The standard InChI is InChI=1S/C9H11N3O3S2/c1-15-6-3-5(10)4-7-8(6)11-9(16-7)12-17(2,13)14/h3-4H,10H2,1-2H3,(H,11,12). The molecule has 0 saturated heterocycles. The monoisotopic (exact) mass is 273 g/mol. The van der Waals surface area contributed by atoms with Gasteiger partial charge in [0.15, 0.2) is 5.13 Å². The van der Waals surface area contributed by atoms with Crippen LogP contribution in [0.3, 0.4) is 0 Å². The molecule has 6 nitrogen and oxygen atoms in total. The first-order chi connectivity index (χ1) is 7.89. The zero-order valence-corrected chi connectivity index (χ0v) is 10.9. The van der Waals surface area contributed by atoms with Gasteiger partial charge in [-0.2, -0.15) is 0 Å². The summed E-state index contributed by atoms with van der Waals surface area (Å²) in [6.45, 7) is 0. The van der Waals surface area contributed by atoms with Crippen LogP contribution in [0.4, 0.5) is 10.8 Å². The van der Waals surface area contributed by atoms with Crippen molar-refractivity contribution in [3.63, 3.8) is 0 Å². The fraction of sp³-hybridized carbons (Fsp3) is 0.222. The van der Waals surface area contributed by atoms with Crippen molar-refractivity contribution < 1.29 is 13.2 Å². The summed E-state index contributed by atoms with van der Waals surface area (Å²) < 4.78 is 30.4. The minimum atomic E-state index is -3.33.